The van der Waals surface area contributed by atoms with E-state index in [-0.39, 0.29) is 17.6 Å². The van der Waals surface area contributed by atoms with Gasteiger partial charge >= 0.3 is 5.97 Å². The molecule has 0 saturated carbocycles. The van der Waals surface area contributed by atoms with Gasteiger partial charge in [0, 0.05) is 5.56 Å². The fourth-order valence-electron chi connectivity index (χ4n) is 2.56. The molecule has 0 bridgehead atoms. The third-order valence-electron chi connectivity index (χ3n) is 3.94. The van der Waals surface area contributed by atoms with Crippen LogP contribution in [0.25, 0.3) is 11.5 Å². The number of hydrogen-bond acceptors (Lipinski definition) is 7. The van der Waals surface area contributed by atoms with Crippen LogP contribution < -0.4 is 9.47 Å². The zero-order chi connectivity index (χ0) is 18.8. The van der Waals surface area contributed by atoms with Crippen molar-refractivity contribution in [3.05, 3.63) is 59.7 Å². The minimum atomic E-state index is -0.757. The molecule has 2 heterocycles. The minimum Gasteiger partial charge on any atom is -0.486 e. The van der Waals surface area contributed by atoms with E-state index >= 15 is 0 Å². The maximum atomic E-state index is 13.0. The van der Waals surface area contributed by atoms with Crippen LogP contribution in [0.1, 0.15) is 29.3 Å². The molecule has 0 aliphatic carbocycles. The Hall–Kier alpha value is -3.42. The molecule has 3 aromatic rings. The lowest BCUT2D eigenvalue weighted by atomic mass is 10.2. The SMILES string of the molecule is C[C@H](OC(=O)c1ccc2c(c1)OCCO2)c1nnc(-c2ccc(F)cc2)o1. The average Bonchev–Trinajstić information content (AvgIpc) is 3.18. The Balaban J connectivity index is 1.46. The molecule has 8 heteroatoms. The second-order valence-corrected chi connectivity index (χ2v) is 5.86. The molecular formula is C19H15FN2O5. The molecule has 138 valence electrons. The van der Waals surface area contributed by atoms with Crippen molar-refractivity contribution < 1.29 is 27.8 Å². The van der Waals surface area contributed by atoms with Gasteiger partial charge in [-0.15, -0.1) is 10.2 Å². The zero-order valence-corrected chi connectivity index (χ0v) is 14.3. The monoisotopic (exact) mass is 370 g/mol. The third kappa shape index (κ3) is 3.59. The Morgan fingerprint density at radius 2 is 1.81 bits per heavy atom. The lowest BCUT2D eigenvalue weighted by Gasteiger charge is -2.18. The Morgan fingerprint density at radius 3 is 2.59 bits per heavy atom. The van der Waals surface area contributed by atoms with E-state index in [0.717, 1.165) is 0 Å². The summed E-state index contributed by atoms with van der Waals surface area (Å²) in [6, 6.07) is 10.5. The van der Waals surface area contributed by atoms with Crippen molar-refractivity contribution in [3.8, 4) is 23.0 Å². The molecule has 0 fully saturated rings. The summed E-state index contributed by atoms with van der Waals surface area (Å²) in [6.45, 7) is 2.52. The van der Waals surface area contributed by atoms with Crippen LogP contribution in [-0.2, 0) is 4.74 Å². The Kier molecular flexibility index (Phi) is 4.45. The fourth-order valence-corrected chi connectivity index (χ4v) is 2.56. The highest BCUT2D eigenvalue weighted by Gasteiger charge is 2.22. The molecule has 0 unspecified atom stereocenters. The fraction of sp³-hybridized carbons (Fsp3) is 0.211. The molecule has 0 spiro atoms. The van der Waals surface area contributed by atoms with Crippen molar-refractivity contribution in [2.24, 2.45) is 0 Å². The van der Waals surface area contributed by atoms with Crippen molar-refractivity contribution in [2.45, 2.75) is 13.0 Å². The first-order valence-electron chi connectivity index (χ1n) is 8.30. The number of hydrogen-bond donors (Lipinski definition) is 0. The van der Waals surface area contributed by atoms with Crippen LogP contribution in [0, 0.1) is 5.82 Å². The number of esters is 1. The Morgan fingerprint density at radius 1 is 1.07 bits per heavy atom. The molecule has 1 atom stereocenters. The van der Waals surface area contributed by atoms with Crippen LogP contribution >= 0.6 is 0 Å². The van der Waals surface area contributed by atoms with Gasteiger partial charge in [0.25, 0.3) is 5.89 Å². The number of ether oxygens (including phenoxy) is 3. The molecule has 1 aromatic heterocycles. The first-order valence-corrected chi connectivity index (χ1v) is 8.30. The highest BCUT2D eigenvalue weighted by atomic mass is 19.1. The summed E-state index contributed by atoms with van der Waals surface area (Å²) in [7, 11) is 0. The van der Waals surface area contributed by atoms with E-state index in [2.05, 4.69) is 10.2 Å². The quantitative estimate of drug-likeness (QED) is 0.649. The molecule has 2 aromatic carbocycles. The first-order chi connectivity index (χ1) is 13.1. The van der Waals surface area contributed by atoms with Crippen molar-refractivity contribution >= 4 is 5.97 Å². The van der Waals surface area contributed by atoms with Crippen LogP contribution in [0.15, 0.2) is 46.9 Å². The molecule has 0 saturated heterocycles. The average molecular weight is 370 g/mol. The lowest BCUT2D eigenvalue weighted by Crippen LogP contribution is -2.16. The number of nitrogens with zero attached hydrogens (tertiary/aromatic N) is 2. The van der Waals surface area contributed by atoms with Gasteiger partial charge < -0.3 is 18.6 Å². The topological polar surface area (TPSA) is 83.7 Å². The summed E-state index contributed by atoms with van der Waals surface area (Å²) in [5.74, 6) is 0.528. The number of aromatic nitrogens is 2. The number of rotatable bonds is 4. The Labute approximate surface area is 153 Å². The van der Waals surface area contributed by atoms with Crippen molar-refractivity contribution in [2.75, 3.05) is 13.2 Å². The van der Waals surface area contributed by atoms with E-state index in [1.165, 1.54) is 24.3 Å². The standard InChI is InChI=1S/C19H15FN2O5/c1-11(17-21-22-18(27-17)12-2-5-14(20)6-3-12)26-19(23)13-4-7-15-16(10-13)25-9-8-24-15/h2-7,10-11H,8-9H2,1H3/t11-/m0/s1. The molecule has 1 aliphatic rings. The van der Waals surface area contributed by atoms with Crippen LogP contribution in [-0.4, -0.2) is 29.4 Å². The maximum absolute atomic E-state index is 13.0. The predicted octanol–water partition coefficient (Wildman–Crippen LogP) is 3.56. The van der Waals surface area contributed by atoms with Crippen LogP contribution in [0.2, 0.25) is 0 Å². The number of carbonyl (C=O) groups excluding carboxylic acids is 1. The number of fused-ring (bicyclic) bond motifs is 1. The van der Waals surface area contributed by atoms with E-state index in [1.54, 1.807) is 25.1 Å². The van der Waals surface area contributed by atoms with Crippen molar-refractivity contribution in [1.29, 1.82) is 0 Å². The smallest absolute Gasteiger partial charge is 0.339 e. The second-order valence-electron chi connectivity index (χ2n) is 5.86. The summed E-state index contributed by atoms with van der Waals surface area (Å²) in [6.07, 6.45) is -0.757. The van der Waals surface area contributed by atoms with Crippen LogP contribution in [0.4, 0.5) is 4.39 Å². The van der Waals surface area contributed by atoms with E-state index in [4.69, 9.17) is 18.6 Å². The number of benzene rings is 2. The van der Waals surface area contributed by atoms with Gasteiger partial charge in [-0.05, 0) is 49.4 Å². The zero-order valence-electron chi connectivity index (χ0n) is 14.3. The summed E-state index contributed by atoms with van der Waals surface area (Å²) in [4.78, 5) is 12.4. The second kappa shape index (κ2) is 7.06. The minimum absolute atomic E-state index is 0.139. The van der Waals surface area contributed by atoms with Crippen LogP contribution in [0.3, 0.4) is 0 Å². The van der Waals surface area contributed by atoms with Gasteiger partial charge in [0.05, 0.1) is 5.56 Å². The summed E-state index contributed by atoms with van der Waals surface area (Å²) in [5.41, 5.74) is 0.893. The molecule has 4 rings (SSSR count). The van der Waals surface area contributed by atoms with Gasteiger partial charge in [-0.25, -0.2) is 9.18 Å². The molecule has 0 radical (unpaired) electrons. The molecule has 1 aliphatic heterocycles. The predicted molar refractivity (Wildman–Crippen MR) is 91.0 cm³/mol. The molecule has 7 nitrogen and oxygen atoms in total. The van der Waals surface area contributed by atoms with Gasteiger partial charge in [-0.3, -0.25) is 0 Å². The lowest BCUT2D eigenvalue weighted by molar-refractivity contribution is 0.0279. The van der Waals surface area contributed by atoms with Gasteiger partial charge in [0.1, 0.15) is 19.0 Å². The van der Waals surface area contributed by atoms with E-state index in [9.17, 15) is 9.18 Å². The Bertz CT molecular complexity index is 970. The van der Waals surface area contributed by atoms with E-state index < -0.39 is 12.1 Å². The molecule has 0 N–H and O–H groups in total. The van der Waals surface area contributed by atoms with Gasteiger partial charge in [-0.2, -0.15) is 0 Å². The van der Waals surface area contributed by atoms with Crippen molar-refractivity contribution in [1.82, 2.24) is 10.2 Å². The first kappa shape index (κ1) is 17.0. The molecular weight excluding hydrogens is 355 g/mol. The number of halogens is 1. The van der Waals surface area contributed by atoms with Gasteiger partial charge in [-0.1, -0.05) is 0 Å². The maximum Gasteiger partial charge on any atom is 0.339 e. The summed E-state index contributed by atoms with van der Waals surface area (Å²) >= 11 is 0. The highest BCUT2D eigenvalue weighted by molar-refractivity contribution is 5.90. The number of carbonyl (C=O) groups is 1. The van der Waals surface area contributed by atoms with E-state index in [0.29, 0.717) is 35.8 Å². The molecule has 27 heavy (non-hydrogen) atoms. The largest absolute Gasteiger partial charge is 0.486 e. The highest BCUT2D eigenvalue weighted by Crippen LogP contribution is 2.31. The summed E-state index contributed by atoms with van der Waals surface area (Å²) < 4.78 is 34.8. The van der Waals surface area contributed by atoms with Gasteiger partial charge in [0.2, 0.25) is 5.89 Å². The summed E-state index contributed by atoms with van der Waals surface area (Å²) in [5, 5.41) is 7.81. The third-order valence-corrected chi connectivity index (χ3v) is 3.94. The van der Waals surface area contributed by atoms with Gasteiger partial charge in [0.15, 0.2) is 17.6 Å². The van der Waals surface area contributed by atoms with Crippen molar-refractivity contribution in [3.63, 3.8) is 0 Å². The van der Waals surface area contributed by atoms with E-state index in [1.807, 2.05) is 0 Å². The molecule has 0 amide bonds. The van der Waals surface area contributed by atoms with Crippen LogP contribution in [0.5, 0.6) is 11.5 Å². The normalized spacial score (nSPS) is 13.9.